The van der Waals surface area contributed by atoms with E-state index in [0.717, 1.165) is 42.3 Å². The van der Waals surface area contributed by atoms with Gasteiger partial charge in [0.1, 0.15) is 0 Å². The molecule has 0 amide bonds. The number of hydrogen-bond donors (Lipinski definition) is 2. The molecule has 20 heavy (non-hydrogen) atoms. The first-order valence-electron chi connectivity index (χ1n) is 7.11. The zero-order chi connectivity index (χ0) is 14.4. The van der Waals surface area contributed by atoms with Gasteiger partial charge in [-0.05, 0) is 56.5 Å². The monoisotopic (exact) mass is 288 g/mol. The molecule has 1 heterocycles. The molecular formula is C16H22N3S. The summed E-state index contributed by atoms with van der Waals surface area (Å²) in [5.41, 5.74) is 8.96. The Morgan fingerprint density at radius 3 is 2.90 bits per heavy atom. The second-order valence-corrected chi connectivity index (χ2v) is 5.97. The van der Waals surface area contributed by atoms with Crippen LogP contribution in [-0.4, -0.2) is 18.1 Å². The molecule has 0 atom stereocenters. The summed E-state index contributed by atoms with van der Waals surface area (Å²) >= 11 is 1.72. The number of aromatic nitrogens is 1. The van der Waals surface area contributed by atoms with Crippen molar-refractivity contribution in [2.24, 2.45) is 5.73 Å². The van der Waals surface area contributed by atoms with Crippen molar-refractivity contribution in [3.63, 3.8) is 0 Å². The fourth-order valence-electron chi connectivity index (χ4n) is 2.11. The molecule has 1 radical (unpaired) electrons. The van der Waals surface area contributed by atoms with Crippen LogP contribution in [0.15, 0.2) is 18.2 Å². The van der Waals surface area contributed by atoms with Crippen molar-refractivity contribution < 1.29 is 0 Å². The Bertz CT molecular complexity index is 548. The molecule has 0 aliphatic carbocycles. The summed E-state index contributed by atoms with van der Waals surface area (Å²) in [5.74, 6) is 0. The summed E-state index contributed by atoms with van der Waals surface area (Å²) in [4.78, 5) is 5.85. The van der Waals surface area contributed by atoms with Crippen molar-refractivity contribution in [1.29, 1.82) is 0 Å². The van der Waals surface area contributed by atoms with Gasteiger partial charge < -0.3 is 11.1 Å². The molecule has 0 aliphatic heterocycles. The summed E-state index contributed by atoms with van der Waals surface area (Å²) in [7, 11) is 0. The molecule has 4 heteroatoms. The van der Waals surface area contributed by atoms with E-state index in [0.29, 0.717) is 0 Å². The average molecular weight is 288 g/mol. The highest BCUT2D eigenvalue weighted by atomic mass is 32.1. The summed E-state index contributed by atoms with van der Waals surface area (Å²) in [6, 6.07) is 9.41. The number of aryl methyl sites for hydroxylation is 2. The zero-order valence-electron chi connectivity index (χ0n) is 12.2. The number of nitrogens with zero attached hydrogens (tertiary/aromatic N) is 1. The van der Waals surface area contributed by atoms with Gasteiger partial charge in [0.15, 0.2) is 5.13 Å². The molecule has 2 rings (SSSR count). The van der Waals surface area contributed by atoms with Gasteiger partial charge in [0.05, 0.1) is 10.6 Å². The summed E-state index contributed by atoms with van der Waals surface area (Å²) in [5, 5.41) is 4.42. The highest BCUT2D eigenvalue weighted by Crippen LogP contribution is 2.32. The molecule has 0 spiro atoms. The van der Waals surface area contributed by atoms with Gasteiger partial charge in [0, 0.05) is 6.54 Å². The van der Waals surface area contributed by atoms with E-state index in [9.17, 15) is 0 Å². The fourth-order valence-corrected chi connectivity index (χ4v) is 3.10. The van der Waals surface area contributed by atoms with Crippen LogP contribution in [0, 0.1) is 19.9 Å². The molecule has 107 valence electrons. The fraction of sp³-hybridized carbons (Fsp3) is 0.438. The predicted octanol–water partition coefficient (Wildman–Crippen LogP) is 3.77. The average Bonchev–Trinajstić information content (AvgIpc) is 2.80. The van der Waals surface area contributed by atoms with Crippen molar-refractivity contribution >= 4 is 16.5 Å². The minimum absolute atomic E-state index is 0.783. The van der Waals surface area contributed by atoms with Crippen LogP contribution >= 0.6 is 11.3 Å². The van der Waals surface area contributed by atoms with Gasteiger partial charge in [-0.2, -0.15) is 0 Å². The summed E-state index contributed by atoms with van der Waals surface area (Å²) in [6.07, 6.45) is 3.42. The van der Waals surface area contributed by atoms with E-state index in [1.165, 1.54) is 16.9 Å². The topological polar surface area (TPSA) is 50.9 Å². The standard InChI is InChI=1S/C16H22N3S/c1-12-7-6-8-14(11-12)15-13(2)19-16(20-15)18-10-5-3-4-9-17/h6,8,11H,3-5,9-10,17H2,1-2H3,(H,18,19). The molecular weight excluding hydrogens is 266 g/mol. The van der Waals surface area contributed by atoms with E-state index in [2.05, 4.69) is 42.3 Å². The van der Waals surface area contributed by atoms with Crippen LogP contribution in [0.5, 0.6) is 0 Å². The Labute approximate surface area is 125 Å². The van der Waals surface area contributed by atoms with Crippen LogP contribution in [-0.2, 0) is 0 Å². The largest absolute Gasteiger partial charge is 0.361 e. The SMILES string of the molecule is Cc1[c]ccc(-c2sc(NCCCCCN)nc2C)c1. The maximum absolute atomic E-state index is 5.49. The number of anilines is 1. The normalized spacial score (nSPS) is 10.8. The predicted molar refractivity (Wildman–Crippen MR) is 87.3 cm³/mol. The van der Waals surface area contributed by atoms with E-state index >= 15 is 0 Å². The van der Waals surface area contributed by atoms with Gasteiger partial charge in [0.25, 0.3) is 0 Å². The van der Waals surface area contributed by atoms with Gasteiger partial charge in [-0.3, -0.25) is 0 Å². The van der Waals surface area contributed by atoms with Crippen LogP contribution in [0.4, 0.5) is 5.13 Å². The van der Waals surface area contributed by atoms with E-state index < -0.39 is 0 Å². The molecule has 0 saturated carbocycles. The lowest BCUT2D eigenvalue weighted by atomic mass is 10.1. The smallest absolute Gasteiger partial charge is 0.183 e. The van der Waals surface area contributed by atoms with Crippen molar-refractivity contribution in [1.82, 2.24) is 4.98 Å². The second-order valence-electron chi connectivity index (χ2n) is 4.97. The maximum Gasteiger partial charge on any atom is 0.183 e. The third-order valence-corrected chi connectivity index (χ3v) is 4.33. The number of rotatable bonds is 7. The van der Waals surface area contributed by atoms with Gasteiger partial charge in [-0.1, -0.05) is 29.9 Å². The lowest BCUT2D eigenvalue weighted by molar-refractivity contribution is 0.707. The van der Waals surface area contributed by atoms with Crippen molar-refractivity contribution in [2.45, 2.75) is 33.1 Å². The quantitative estimate of drug-likeness (QED) is 0.763. The Balaban J connectivity index is 1.99. The van der Waals surface area contributed by atoms with Crippen molar-refractivity contribution in [2.75, 3.05) is 18.4 Å². The lowest BCUT2D eigenvalue weighted by Crippen LogP contribution is -2.03. The molecule has 0 bridgehead atoms. The second kappa shape index (κ2) is 7.41. The Kier molecular flexibility index (Phi) is 5.56. The lowest BCUT2D eigenvalue weighted by Gasteiger charge is -2.01. The number of unbranched alkanes of at least 4 members (excludes halogenated alkanes) is 2. The molecule has 0 aliphatic rings. The zero-order valence-corrected chi connectivity index (χ0v) is 13.0. The minimum Gasteiger partial charge on any atom is -0.361 e. The molecule has 1 aromatic heterocycles. The van der Waals surface area contributed by atoms with Gasteiger partial charge in [-0.15, -0.1) is 0 Å². The first-order valence-corrected chi connectivity index (χ1v) is 7.92. The highest BCUT2D eigenvalue weighted by Gasteiger charge is 2.09. The van der Waals surface area contributed by atoms with Gasteiger partial charge in [0.2, 0.25) is 0 Å². The molecule has 0 fully saturated rings. The Morgan fingerprint density at radius 1 is 1.30 bits per heavy atom. The van der Waals surface area contributed by atoms with Crippen LogP contribution in [0.25, 0.3) is 10.4 Å². The van der Waals surface area contributed by atoms with Crippen molar-refractivity contribution in [3.8, 4) is 10.4 Å². The van der Waals surface area contributed by atoms with E-state index in [1.807, 2.05) is 6.07 Å². The van der Waals surface area contributed by atoms with Gasteiger partial charge >= 0.3 is 0 Å². The van der Waals surface area contributed by atoms with Crippen LogP contribution in [0.1, 0.15) is 30.5 Å². The third kappa shape index (κ3) is 4.05. The molecule has 0 unspecified atom stereocenters. The van der Waals surface area contributed by atoms with Crippen LogP contribution < -0.4 is 11.1 Å². The number of nitrogens with two attached hydrogens (primary N) is 1. The van der Waals surface area contributed by atoms with Crippen LogP contribution in [0.2, 0.25) is 0 Å². The third-order valence-electron chi connectivity index (χ3n) is 3.16. The summed E-state index contributed by atoms with van der Waals surface area (Å²) in [6.45, 7) is 5.88. The van der Waals surface area contributed by atoms with Gasteiger partial charge in [-0.25, -0.2) is 4.98 Å². The first-order chi connectivity index (χ1) is 9.70. The maximum atomic E-state index is 5.49. The number of thiazole rings is 1. The Morgan fingerprint density at radius 2 is 2.15 bits per heavy atom. The molecule has 1 aromatic carbocycles. The summed E-state index contributed by atoms with van der Waals surface area (Å²) < 4.78 is 0. The molecule has 0 saturated heterocycles. The highest BCUT2D eigenvalue weighted by molar-refractivity contribution is 7.19. The molecule has 2 aromatic rings. The minimum atomic E-state index is 0.783. The number of hydrogen-bond acceptors (Lipinski definition) is 4. The van der Waals surface area contributed by atoms with E-state index in [1.54, 1.807) is 11.3 Å². The molecule has 3 N–H and O–H groups in total. The number of benzene rings is 1. The van der Waals surface area contributed by atoms with E-state index in [-0.39, 0.29) is 0 Å². The first kappa shape index (κ1) is 15.0. The van der Waals surface area contributed by atoms with Crippen molar-refractivity contribution in [3.05, 3.63) is 35.5 Å². The molecule has 3 nitrogen and oxygen atoms in total. The van der Waals surface area contributed by atoms with E-state index in [4.69, 9.17) is 5.73 Å². The Hall–Kier alpha value is -1.39. The number of nitrogens with one attached hydrogen (secondary N) is 1. The van der Waals surface area contributed by atoms with Crippen LogP contribution in [0.3, 0.4) is 0 Å².